The lowest BCUT2D eigenvalue weighted by atomic mass is 10.3. The van der Waals surface area contributed by atoms with E-state index < -0.39 is 0 Å². The van der Waals surface area contributed by atoms with Crippen molar-refractivity contribution >= 4 is 0 Å². The van der Waals surface area contributed by atoms with E-state index in [1.165, 1.54) is 0 Å². The molecule has 0 bridgehead atoms. The van der Waals surface area contributed by atoms with Crippen LogP contribution in [0.1, 0.15) is 33.6 Å². The van der Waals surface area contributed by atoms with Gasteiger partial charge in [-0.1, -0.05) is 27.2 Å². The first-order valence-corrected chi connectivity index (χ1v) is 4.99. The second kappa shape index (κ2) is 3.75. The van der Waals surface area contributed by atoms with Gasteiger partial charge in [-0.2, -0.15) is 0 Å². The predicted octanol–water partition coefficient (Wildman–Crippen LogP) is 1.69. The van der Waals surface area contributed by atoms with Crippen molar-refractivity contribution in [3.8, 4) is 0 Å². The summed E-state index contributed by atoms with van der Waals surface area (Å²) in [6, 6.07) is 0.617. The molecule has 12 heavy (non-hydrogen) atoms. The van der Waals surface area contributed by atoms with Gasteiger partial charge in [-0.25, -0.2) is 0 Å². The molecule has 3 unspecified atom stereocenters. The maximum absolute atomic E-state index is 9.69. The first kappa shape index (κ1) is 10.0. The smallest absolute Gasteiger partial charge is 0.107 e. The number of aliphatic hydroxyl groups is 1. The van der Waals surface area contributed by atoms with Gasteiger partial charge in [0.15, 0.2) is 0 Å². The molecule has 1 saturated carbocycles. The minimum Gasteiger partial charge on any atom is -0.378 e. The summed E-state index contributed by atoms with van der Waals surface area (Å²) >= 11 is 0. The van der Waals surface area contributed by atoms with E-state index in [0.717, 1.165) is 24.7 Å². The van der Waals surface area contributed by atoms with Gasteiger partial charge in [0.25, 0.3) is 0 Å². The van der Waals surface area contributed by atoms with Crippen LogP contribution < -0.4 is 0 Å². The van der Waals surface area contributed by atoms with E-state index in [1.54, 1.807) is 0 Å². The number of rotatable bonds is 4. The molecule has 1 aliphatic carbocycles. The molecule has 0 spiro atoms. The largest absolute Gasteiger partial charge is 0.378 e. The van der Waals surface area contributed by atoms with Crippen molar-refractivity contribution in [1.29, 1.82) is 0 Å². The lowest BCUT2D eigenvalue weighted by Crippen LogP contribution is -2.34. The van der Waals surface area contributed by atoms with Gasteiger partial charge < -0.3 is 5.11 Å². The van der Waals surface area contributed by atoms with Gasteiger partial charge in [-0.05, 0) is 25.3 Å². The zero-order valence-electron chi connectivity index (χ0n) is 8.62. The quantitative estimate of drug-likeness (QED) is 0.651. The van der Waals surface area contributed by atoms with Crippen molar-refractivity contribution in [3.63, 3.8) is 0 Å². The van der Waals surface area contributed by atoms with Crippen LogP contribution in [-0.4, -0.2) is 29.3 Å². The topological polar surface area (TPSA) is 23.5 Å². The summed E-state index contributed by atoms with van der Waals surface area (Å²) in [7, 11) is 2.03. The average Bonchev–Trinajstić information content (AvgIpc) is 2.59. The summed E-state index contributed by atoms with van der Waals surface area (Å²) in [6.07, 6.45) is 1.72. The molecule has 0 saturated heterocycles. The molecule has 3 atom stereocenters. The van der Waals surface area contributed by atoms with E-state index in [9.17, 15) is 5.11 Å². The first-order chi connectivity index (χ1) is 5.59. The molecular weight excluding hydrogens is 150 g/mol. The van der Waals surface area contributed by atoms with Gasteiger partial charge in [0.1, 0.15) is 6.23 Å². The highest BCUT2D eigenvalue weighted by atomic mass is 16.3. The number of nitrogens with zero attached hydrogens (tertiary/aromatic N) is 1. The number of hydrogen-bond acceptors (Lipinski definition) is 2. The third-order valence-corrected chi connectivity index (χ3v) is 3.25. The van der Waals surface area contributed by atoms with Crippen molar-refractivity contribution in [3.05, 3.63) is 0 Å². The molecule has 2 heteroatoms. The minimum absolute atomic E-state index is 0.229. The van der Waals surface area contributed by atoms with Crippen LogP contribution in [0.4, 0.5) is 0 Å². The zero-order valence-corrected chi connectivity index (χ0v) is 8.62. The second-order valence-electron chi connectivity index (χ2n) is 4.14. The fraction of sp³-hybridized carbons (Fsp3) is 1.00. The molecular formula is C10H21NO. The lowest BCUT2D eigenvalue weighted by Gasteiger charge is -2.23. The van der Waals surface area contributed by atoms with Crippen LogP contribution in [0.3, 0.4) is 0 Å². The highest BCUT2D eigenvalue weighted by Crippen LogP contribution is 2.42. The molecule has 1 N–H and O–H groups in total. The third-order valence-electron chi connectivity index (χ3n) is 3.25. The Morgan fingerprint density at radius 3 is 2.17 bits per heavy atom. The Labute approximate surface area is 75.6 Å². The van der Waals surface area contributed by atoms with E-state index in [2.05, 4.69) is 25.7 Å². The zero-order chi connectivity index (χ0) is 9.30. The molecule has 1 aliphatic rings. The Morgan fingerprint density at radius 1 is 1.33 bits per heavy atom. The fourth-order valence-electron chi connectivity index (χ4n) is 2.04. The predicted molar refractivity (Wildman–Crippen MR) is 50.8 cm³/mol. The maximum Gasteiger partial charge on any atom is 0.107 e. The molecule has 0 aliphatic heterocycles. The van der Waals surface area contributed by atoms with E-state index >= 15 is 0 Å². The number of hydrogen-bond donors (Lipinski definition) is 1. The Morgan fingerprint density at radius 2 is 1.83 bits per heavy atom. The van der Waals surface area contributed by atoms with E-state index in [4.69, 9.17) is 0 Å². The van der Waals surface area contributed by atoms with Crippen LogP contribution in [0.25, 0.3) is 0 Å². The Hall–Kier alpha value is -0.0800. The van der Waals surface area contributed by atoms with Crippen LogP contribution in [0, 0.1) is 11.8 Å². The first-order valence-electron chi connectivity index (χ1n) is 4.99. The van der Waals surface area contributed by atoms with Gasteiger partial charge in [-0.15, -0.1) is 0 Å². The highest BCUT2D eigenvalue weighted by molar-refractivity contribution is 4.98. The Kier molecular flexibility index (Phi) is 3.13. The molecule has 1 rings (SSSR count). The lowest BCUT2D eigenvalue weighted by molar-refractivity contribution is 0.00502. The second-order valence-corrected chi connectivity index (χ2v) is 4.14. The maximum atomic E-state index is 9.69. The summed E-state index contributed by atoms with van der Waals surface area (Å²) < 4.78 is 0. The van der Waals surface area contributed by atoms with Gasteiger partial charge in [0.2, 0.25) is 0 Å². The van der Waals surface area contributed by atoms with E-state index in [1.807, 2.05) is 7.05 Å². The van der Waals surface area contributed by atoms with Crippen LogP contribution in [0.15, 0.2) is 0 Å². The molecule has 2 nitrogen and oxygen atoms in total. The van der Waals surface area contributed by atoms with Crippen molar-refractivity contribution in [2.75, 3.05) is 7.05 Å². The Balaban J connectivity index is 2.33. The van der Waals surface area contributed by atoms with E-state index in [-0.39, 0.29) is 6.23 Å². The molecule has 0 aromatic heterocycles. The SMILES string of the molecule is CCCC(O)N(C)C1C(C)C1C. The van der Waals surface area contributed by atoms with Crippen LogP contribution in [-0.2, 0) is 0 Å². The highest BCUT2D eigenvalue weighted by Gasteiger charge is 2.46. The molecule has 1 fully saturated rings. The summed E-state index contributed by atoms with van der Waals surface area (Å²) in [5.74, 6) is 1.53. The summed E-state index contributed by atoms with van der Waals surface area (Å²) in [6.45, 7) is 6.62. The monoisotopic (exact) mass is 171 g/mol. The molecule has 0 heterocycles. The van der Waals surface area contributed by atoms with Gasteiger partial charge >= 0.3 is 0 Å². The van der Waals surface area contributed by atoms with Gasteiger partial charge in [-0.3, -0.25) is 4.90 Å². The standard InChI is InChI=1S/C10H21NO/c1-5-6-9(12)11(4)10-7(2)8(10)3/h7-10,12H,5-6H2,1-4H3. The van der Waals surface area contributed by atoms with Crippen molar-refractivity contribution in [2.45, 2.75) is 45.9 Å². The van der Waals surface area contributed by atoms with Gasteiger partial charge in [0.05, 0.1) is 0 Å². The van der Waals surface area contributed by atoms with Crippen molar-refractivity contribution in [2.24, 2.45) is 11.8 Å². The van der Waals surface area contributed by atoms with Crippen LogP contribution in [0.5, 0.6) is 0 Å². The van der Waals surface area contributed by atoms with Gasteiger partial charge in [0, 0.05) is 6.04 Å². The average molecular weight is 171 g/mol. The normalized spacial score (nSPS) is 37.0. The molecule has 0 amide bonds. The third kappa shape index (κ3) is 1.80. The number of aliphatic hydroxyl groups excluding tert-OH is 1. The summed E-state index contributed by atoms with van der Waals surface area (Å²) in [5, 5.41) is 9.69. The van der Waals surface area contributed by atoms with Crippen molar-refractivity contribution in [1.82, 2.24) is 4.90 Å². The van der Waals surface area contributed by atoms with Crippen molar-refractivity contribution < 1.29 is 5.11 Å². The summed E-state index contributed by atoms with van der Waals surface area (Å²) in [4.78, 5) is 2.12. The van der Waals surface area contributed by atoms with Crippen LogP contribution in [0.2, 0.25) is 0 Å². The molecule has 72 valence electrons. The Bertz CT molecular complexity index is 141. The molecule has 0 aromatic carbocycles. The fourth-order valence-corrected chi connectivity index (χ4v) is 2.04. The summed E-state index contributed by atoms with van der Waals surface area (Å²) in [5.41, 5.74) is 0. The van der Waals surface area contributed by atoms with Crippen LogP contribution >= 0.6 is 0 Å². The molecule has 0 radical (unpaired) electrons. The molecule has 0 aromatic rings. The van der Waals surface area contributed by atoms with E-state index in [0.29, 0.717) is 6.04 Å². The minimum atomic E-state index is -0.229.